The van der Waals surface area contributed by atoms with Crippen LogP contribution in [-0.2, 0) is 19.1 Å². The highest BCUT2D eigenvalue weighted by molar-refractivity contribution is 8.01. The van der Waals surface area contributed by atoms with Crippen molar-refractivity contribution in [2.45, 2.75) is 74.7 Å². The number of esters is 1. The molecule has 28 heavy (non-hydrogen) atoms. The number of ether oxygens (including phenoxy) is 1. The van der Waals surface area contributed by atoms with Gasteiger partial charge < -0.3 is 15.0 Å². The molecular formula is C21H28N2O4S. The van der Waals surface area contributed by atoms with E-state index in [2.05, 4.69) is 5.32 Å². The Hall–Kier alpha value is -2.02. The summed E-state index contributed by atoms with van der Waals surface area (Å²) in [7, 11) is 0. The lowest BCUT2D eigenvalue weighted by Gasteiger charge is -2.35. The number of para-hydroxylation sites is 1. The summed E-state index contributed by atoms with van der Waals surface area (Å²) >= 11 is 1.35. The minimum Gasteiger partial charge on any atom is -0.452 e. The van der Waals surface area contributed by atoms with Gasteiger partial charge in [-0.05, 0) is 38.8 Å². The monoisotopic (exact) mass is 404 g/mol. The number of anilines is 1. The van der Waals surface area contributed by atoms with Gasteiger partial charge in [0, 0.05) is 17.5 Å². The number of carbonyl (C=O) groups is 3. The Morgan fingerprint density at radius 2 is 1.96 bits per heavy atom. The Morgan fingerprint density at radius 3 is 2.68 bits per heavy atom. The third kappa shape index (κ3) is 4.87. The van der Waals surface area contributed by atoms with E-state index in [-0.39, 0.29) is 24.3 Å². The summed E-state index contributed by atoms with van der Waals surface area (Å²) in [6, 6.07) is 7.73. The molecule has 1 aliphatic heterocycles. The molecule has 7 heteroatoms. The topological polar surface area (TPSA) is 75.7 Å². The van der Waals surface area contributed by atoms with Crippen molar-refractivity contribution < 1.29 is 19.1 Å². The van der Waals surface area contributed by atoms with Gasteiger partial charge in [0.05, 0.1) is 17.4 Å². The van der Waals surface area contributed by atoms with Crippen LogP contribution in [0.5, 0.6) is 0 Å². The Balaban J connectivity index is 1.55. The van der Waals surface area contributed by atoms with Crippen molar-refractivity contribution in [1.29, 1.82) is 0 Å². The number of hydrogen-bond acceptors (Lipinski definition) is 5. The average Bonchev–Trinajstić information content (AvgIpc) is 2.69. The molecule has 152 valence electrons. The Labute approximate surface area is 170 Å². The van der Waals surface area contributed by atoms with Crippen LogP contribution in [0.3, 0.4) is 0 Å². The van der Waals surface area contributed by atoms with Crippen LogP contribution in [0.1, 0.15) is 52.4 Å². The van der Waals surface area contributed by atoms with Gasteiger partial charge in [0.25, 0.3) is 5.91 Å². The first kappa shape index (κ1) is 20.7. The van der Waals surface area contributed by atoms with E-state index in [0.29, 0.717) is 6.54 Å². The van der Waals surface area contributed by atoms with Crippen molar-refractivity contribution in [2.75, 3.05) is 11.9 Å². The molecule has 0 saturated heterocycles. The first-order valence-corrected chi connectivity index (χ1v) is 10.9. The van der Waals surface area contributed by atoms with Crippen molar-refractivity contribution in [2.24, 2.45) is 0 Å². The summed E-state index contributed by atoms with van der Waals surface area (Å²) in [5, 5.41) is 2.27. The molecule has 1 aromatic carbocycles. The minimum absolute atomic E-state index is 0.0575. The highest BCUT2D eigenvalue weighted by Crippen LogP contribution is 2.36. The summed E-state index contributed by atoms with van der Waals surface area (Å²) in [5.41, 5.74) is 0.761. The number of hydrogen-bond donors (Lipinski definition) is 1. The van der Waals surface area contributed by atoms with Crippen LogP contribution in [0.25, 0.3) is 0 Å². The van der Waals surface area contributed by atoms with Gasteiger partial charge in [-0.25, -0.2) is 0 Å². The van der Waals surface area contributed by atoms with E-state index in [9.17, 15) is 14.4 Å². The van der Waals surface area contributed by atoms with Crippen molar-refractivity contribution in [3.05, 3.63) is 24.3 Å². The fraction of sp³-hybridized carbons (Fsp3) is 0.571. The van der Waals surface area contributed by atoms with Crippen molar-refractivity contribution in [3.8, 4) is 0 Å². The van der Waals surface area contributed by atoms with E-state index in [1.807, 2.05) is 36.1 Å². The van der Waals surface area contributed by atoms with E-state index in [0.717, 1.165) is 36.3 Å². The van der Waals surface area contributed by atoms with Crippen LogP contribution in [-0.4, -0.2) is 46.6 Å². The number of benzene rings is 1. The van der Waals surface area contributed by atoms with Crippen molar-refractivity contribution in [3.63, 3.8) is 0 Å². The first-order chi connectivity index (χ1) is 13.5. The number of nitrogens with zero attached hydrogens (tertiary/aromatic N) is 1. The van der Waals surface area contributed by atoms with E-state index in [4.69, 9.17) is 4.74 Å². The third-order valence-corrected chi connectivity index (χ3v) is 6.63. The molecule has 2 amide bonds. The quantitative estimate of drug-likeness (QED) is 0.733. The predicted molar refractivity (Wildman–Crippen MR) is 109 cm³/mol. The normalized spacial score (nSPS) is 20.6. The molecule has 1 saturated carbocycles. The number of carbonyl (C=O) groups excluding carboxylic acids is 3. The molecule has 1 fully saturated rings. The van der Waals surface area contributed by atoms with E-state index in [1.54, 1.807) is 6.92 Å². The fourth-order valence-electron chi connectivity index (χ4n) is 3.89. The van der Waals surface area contributed by atoms with Gasteiger partial charge >= 0.3 is 5.97 Å². The van der Waals surface area contributed by atoms with Gasteiger partial charge in [0.1, 0.15) is 0 Å². The lowest BCUT2D eigenvalue weighted by Crippen LogP contribution is -2.46. The molecular weight excluding hydrogens is 376 g/mol. The molecule has 1 heterocycles. The second-order valence-electron chi connectivity index (χ2n) is 7.34. The number of fused-ring (bicyclic) bond motifs is 1. The van der Waals surface area contributed by atoms with Crippen LogP contribution in [0.4, 0.5) is 5.69 Å². The van der Waals surface area contributed by atoms with Crippen molar-refractivity contribution >= 4 is 35.2 Å². The van der Waals surface area contributed by atoms with Crippen LogP contribution in [0, 0.1) is 0 Å². The number of thioether (sulfide) groups is 1. The molecule has 1 N–H and O–H groups in total. The maximum Gasteiger partial charge on any atom is 0.308 e. The van der Waals surface area contributed by atoms with Crippen LogP contribution in [0.2, 0.25) is 0 Å². The molecule has 6 nitrogen and oxygen atoms in total. The second-order valence-corrected chi connectivity index (χ2v) is 8.59. The van der Waals surface area contributed by atoms with E-state index < -0.39 is 17.3 Å². The van der Waals surface area contributed by atoms with Crippen LogP contribution < -0.4 is 5.32 Å². The third-order valence-electron chi connectivity index (χ3n) is 5.35. The van der Waals surface area contributed by atoms with Crippen molar-refractivity contribution in [1.82, 2.24) is 4.90 Å². The lowest BCUT2D eigenvalue weighted by molar-refractivity contribution is -0.160. The molecule has 0 bridgehead atoms. The van der Waals surface area contributed by atoms with Gasteiger partial charge in [-0.1, -0.05) is 31.4 Å². The molecule has 0 unspecified atom stereocenters. The molecule has 2 atom stereocenters. The van der Waals surface area contributed by atoms with E-state index >= 15 is 0 Å². The Kier molecular flexibility index (Phi) is 6.99. The molecule has 1 aromatic rings. The summed E-state index contributed by atoms with van der Waals surface area (Å²) < 4.78 is 5.40. The maximum absolute atomic E-state index is 12.8. The first-order valence-electron chi connectivity index (χ1n) is 10.1. The molecule has 3 rings (SSSR count). The molecule has 0 radical (unpaired) electrons. The Bertz CT molecular complexity index is 733. The zero-order chi connectivity index (χ0) is 20.1. The number of nitrogens with one attached hydrogen (secondary N) is 1. The number of rotatable bonds is 6. The smallest absolute Gasteiger partial charge is 0.308 e. The SMILES string of the molecule is CCN(C(=O)[C@H](C)OC(=O)C[C@@H]1Sc2ccccc2NC1=O)C1CCCCC1. The van der Waals surface area contributed by atoms with Gasteiger partial charge in [-0.15, -0.1) is 11.8 Å². The minimum atomic E-state index is -0.835. The second kappa shape index (κ2) is 9.45. The zero-order valence-electron chi connectivity index (χ0n) is 16.5. The van der Waals surface area contributed by atoms with E-state index in [1.165, 1.54) is 18.2 Å². The number of amides is 2. The van der Waals surface area contributed by atoms with Gasteiger partial charge in [0.15, 0.2) is 6.10 Å². The summed E-state index contributed by atoms with van der Waals surface area (Å²) in [4.78, 5) is 40.2. The predicted octanol–water partition coefficient (Wildman–Crippen LogP) is 3.60. The highest BCUT2D eigenvalue weighted by Gasteiger charge is 2.32. The zero-order valence-corrected chi connectivity index (χ0v) is 17.3. The van der Waals surface area contributed by atoms with Gasteiger partial charge in [-0.3, -0.25) is 14.4 Å². The number of likely N-dealkylation sites (N-methyl/N-ethyl adjacent to an activating group) is 1. The fourth-order valence-corrected chi connectivity index (χ4v) is 4.99. The summed E-state index contributed by atoms with van der Waals surface area (Å²) in [6.45, 7) is 4.19. The largest absolute Gasteiger partial charge is 0.452 e. The van der Waals surface area contributed by atoms with Crippen LogP contribution >= 0.6 is 11.8 Å². The van der Waals surface area contributed by atoms with Gasteiger partial charge in [-0.2, -0.15) is 0 Å². The average molecular weight is 405 g/mol. The Morgan fingerprint density at radius 1 is 1.25 bits per heavy atom. The maximum atomic E-state index is 12.8. The molecule has 0 aromatic heterocycles. The molecule has 2 aliphatic rings. The summed E-state index contributed by atoms with van der Waals surface area (Å²) in [5.74, 6) is -0.876. The molecule has 0 spiro atoms. The molecule has 1 aliphatic carbocycles. The van der Waals surface area contributed by atoms with Crippen LogP contribution in [0.15, 0.2) is 29.2 Å². The lowest BCUT2D eigenvalue weighted by atomic mass is 9.94. The highest BCUT2D eigenvalue weighted by atomic mass is 32.2. The van der Waals surface area contributed by atoms with Gasteiger partial charge in [0.2, 0.25) is 5.91 Å². The summed E-state index contributed by atoms with van der Waals surface area (Å²) in [6.07, 6.45) is 4.63. The standard InChI is InChI=1S/C21H28N2O4S/c1-3-23(15-9-5-4-6-10-15)21(26)14(2)27-19(24)13-18-20(25)22-16-11-7-8-12-17(16)28-18/h7-8,11-12,14-15,18H,3-6,9-10,13H2,1-2H3,(H,22,25)/t14-,18-/m0/s1.